The van der Waals surface area contributed by atoms with Crippen LogP contribution in [0.4, 0.5) is 14.6 Å². The SMILES string of the molecule is Cc1cc(NC(C)c2ccc(SC(F)F)cc2)nn1C. The first-order chi connectivity index (χ1) is 9.45. The highest BCUT2D eigenvalue weighted by molar-refractivity contribution is 7.99. The summed E-state index contributed by atoms with van der Waals surface area (Å²) in [6, 6.07) is 9.19. The maximum absolute atomic E-state index is 12.2. The van der Waals surface area contributed by atoms with E-state index in [0.29, 0.717) is 16.7 Å². The molecule has 0 bridgehead atoms. The molecule has 0 aliphatic heterocycles. The molecule has 2 rings (SSSR count). The van der Waals surface area contributed by atoms with Crippen molar-refractivity contribution in [2.45, 2.75) is 30.5 Å². The minimum absolute atomic E-state index is 0.0647. The van der Waals surface area contributed by atoms with Crippen molar-refractivity contribution >= 4 is 17.6 Å². The number of aryl methyl sites for hydroxylation is 2. The van der Waals surface area contributed by atoms with Crippen LogP contribution in [0.15, 0.2) is 35.2 Å². The highest BCUT2D eigenvalue weighted by atomic mass is 32.2. The minimum atomic E-state index is -2.38. The van der Waals surface area contributed by atoms with E-state index in [0.717, 1.165) is 17.1 Å². The largest absolute Gasteiger partial charge is 0.362 e. The van der Waals surface area contributed by atoms with Crippen LogP contribution in [0.3, 0.4) is 0 Å². The average molecular weight is 297 g/mol. The van der Waals surface area contributed by atoms with E-state index < -0.39 is 5.76 Å². The van der Waals surface area contributed by atoms with E-state index in [4.69, 9.17) is 0 Å². The van der Waals surface area contributed by atoms with Gasteiger partial charge in [-0.3, -0.25) is 4.68 Å². The van der Waals surface area contributed by atoms with Gasteiger partial charge >= 0.3 is 0 Å². The fraction of sp³-hybridized carbons (Fsp3) is 0.357. The third-order valence-corrected chi connectivity index (χ3v) is 3.81. The molecule has 2 aromatic rings. The maximum Gasteiger partial charge on any atom is 0.288 e. The number of hydrogen-bond acceptors (Lipinski definition) is 3. The molecule has 0 radical (unpaired) electrons. The lowest BCUT2D eigenvalue weighted by atomic mass is 10.1. The van der Waals surface area contributed by atoms with Crippen molar-refractivity contribution in [1.29, 1.82) is 0 Å². The number of nitrogens with one attached hydrogen (secondary N) is 1. The number of thioether (sulfide) groups is 1. The van der Waals surface area contributed by atoms with Crippen LogP contribution in [0.1, 0.15) is 24.2 Å². The first kappa shape index (κ1) is 14.8. The van der Waals surface area contributed by atoms with Gasteiger partial charge in [0.15, 0.2) is 0 Å². The molecule has 1 N–H and O–H groups in total. The molecule has 1 atom stereocenters. The lowest BCUT2D eigenvalue weighted by molar-refractivity contribution is 0.252. The van der Waals surface area contributed by atoms with Crippen LogP contribution in [-0.2, 0) is 7.05 Å². The molecule has 0 fully saturated rings. The number of rotatable bonds is 5. The van der Waals surface area contributed by atoms with Gasteiger partial charge in [0.05, 0.1) is 0 Å². The number of anilines is 1. The second kappa shape index (κ2) is 6.26. The zero-order valence-electron chi connectivity index (χ0n) is 11.6. The molecule has 0 aliphatic carbocycles. The van der Waals surface area contributed by atoms with Gasteiger partial charge in [0.1, 0.15) is 5.82 Å². The zero-order chi connectivity index (χ0) is 14.7. The molecule has 6 heteroatoms. The Balaban J connectivity index is 2.03. The number of halogens is 2. The van der Waals surface area contributed by atoms with Crippen LogP contribution in [0.25, 0.3) is 0 Å². The second-order valence-electron chi connectivity index (χ2n) is 4.61. The van der Waals surface area contributed by atoms with Crippen molar-refractivity contribution in [3.63, 3.8) is 0 Å². The van der Waals surface area contributed by atoms with Crippen LogP contribution < -0.4 is 5.32 Å². The van der Waals surface area contributed by atoms with E-state index >= 15 is 0 Å². The summed E-state index contributed by atoms with van der Waals surface area (Å²) in [7, 11) is 1.89. The summed E-state index contributed by atoms with van der Waals surface area (Å²) in [4.78, 5) is 0.574. The van der Waals surface area contributed by atoms with Crippen LogP contribution >= 0.6 is 11.8 Å². The van der Waals surface area contributed by atoms with Crippen LogP contribution in [0.5, 0.6) is 0 Å². The van der Waals surface area contributed by atoms with Crippen molar-refractivity contribution in [3.05, 3.63) is 41.6 Å². The third kappa shape index (κ3) is 3.72. The van der Waals surface area contributed by atoms with Gasteiger partial charge in [0.2, 0.25) is 0 Å². The van der Waals surface area contributed by atoms with Crippen LogP contribution in [-0.4, -0.2) is 15.5 Å². The summed E-state index contributed by atoms with van der Waals surface area (Å²) in [5, 5.41) is 7.63. The maximum atomic E-state index is 12.2. The molecule has 0 aliphatic rings. The van der Waals surface area contributed by atoms with Crippen LogP contribution in [0, 0.1) is 6.92 Å². The lowest BCUT2D eigenvalue weighted by Crippen LogP contribution is -2.07. The van der Waals surface area contributed by atoms with Gasteiger partial charge in [0.25, 0.3) is 5.76 Å². The Bertz CT molecular complexity index is 547. The van der Waals surface area contributed by atoms with Gasteiger partial charge < -0.3 is 5.32 Å². The molecule has 0 amide bonds. The zero-order valence-corrected chi connectivity index (χ0v) is 12.4. The summed E-state index contributed by atoms with van der Waals surface area (Å²) in [6.45, 7) is 4.00. The lowest BCUT2D eigenvalue weighted by Gasteiger charge is -2.14. The van der Waals surface area contributed by atoms with Gasteiger partial charge in [0, 0.05) is 29.7 Å². The molecule has 0 saturated carbocycles. The van der Waals surface area contributed by atoms with E-state index in [1.54, 1.807) is 16.8 Å². The summed E-state index contributed by atoms with van der Waals surface area (Å²) in [6.07, 6.45) is 0. The first-order valence-electron chi connectivity index (χ1n) is 6.27. The van der Waals surface area contributed by atoms with Gasteiger partial charge in [-0.15, -0.1) is 0 Å². The minimum Gasteiger partial charge on any atom is -0.362 e. The van der Waals surface area contributed by atoms with Crippen molar-refractivity contribution in [3.8, 4) is 0 Å². The quantitative estimate of drug-likeness (QED) is 0.838. The smallest absolute Gasteiger partial charge is 0.288 e. The number of hydrogen-bond donors (Lipinski definition) is 1. The number of benzene rings is 1. The Morgan fingerprint density at radius 2 is 1.90 bits per heavy atom. The predicted octanol–water partition coefficient (Wildman–Crippen LogP) is 4.22. The molecule has 1 aromatic carbocycles. The monoisotopic (exact) mass is 297 g/mol. The Hall–Kier alpha value is -1.56. The average Bonchev–Trinajstić information content (AvgIpc) is 2.68. The number of aromatic nitrogens is 2. The second-order valence-corrected chi connectivity index (χ2v) is 5.67. The molecule has 1 unspecified atom stereocenters. The molecule has 0 spiro atoms. The van der Waals surface area contributed by atoms with Crippen LogP contribution in [0.2, 0.25) is 0 Å². The predicted molar refractivity (Wildman–Crippen MR) is 78.3 cm³/mol. The van der Waals surface area contributed by atoms with Crippen molar-refractivity contribution in [2.24, 2.45) is 7.05 Å². The highest BCUT2D eigenvalue weighted by Gasteiger charge is 2.09. The Morgan fingerprint density at radius 1 is 1.25 bits per heavy atom. The molecular formula is C14H17F2N3S. The molecule has 3 nitrogen and oxygen atoms in total. The fourth-order valence-corrected chi connectivity index (χ4v) is 2.37. The standard InChI is InChI=1S/C14H17F2N3S/c1-9-8-13(18-19(9)3)17-10(2)11-4-6-12(7-5-11)20-14(15)16/h4-8,10,14H,1-3H3,(H,17,18). The highest BCUT2D eigenvalue weighted by Crippen LogP contribution is 2.27. The Kier molecular flexibility index (Phi) is 4.65. The molecule has 1 aromatic heterocycles. The summed E-state index contributed by atoms with van der Waals surface area (Å²) in [5.74, 6) is -1.57. The van der Waals surface area contributed by atoms with E-state index in [1.165, 1.54) is 0 Å². The Labute approximate surface area is 121 Å². The number of nitrogens with zero attached hydrogens (tertiary/aromatic N) is 2. The van der Waals surface area contributed by atoms with Crippen molar-refractivity contribution in [2.75, 3.05) is 5.32 Å². The number of alkyl halides is 2. The van der Waals surface area contributed by atoms with Gasteiger partial charge in [-0.2, -0.15) is 13.9 Å². The van der Waals surface area contributed by atoms with E-state index in [9.17, 15) is 8.78 Å². The Morgan fingerprint density at radius 3 is 2.40 bits per heavy atom. The molecular weight excluding hydrogens is 280 g/mol. The molecule has 108 valence electrons. The van der Waals surface area contributed by atoms with E-state index in [-0.39, 0.29) is 6.04 Å². The van der Waals surface area contributed by atoms with Gasteiger partial charge in [-0.1, -0.05) is 23.9 Å². The molecule has 1 heterocycles. The van der Waals surface area contributed by atoms with Crippen molar-refractivity contribution in [1.82, 2.24) is 9.78 Å². The topological polar surface area (TPSA) is 29.9 Å². The first-order valence-corrected chi connectivity index (χ1v) is 7.15. The van der Waals surface area contributed by atoms with E-state index in [1.807, 2.05) is 39.1 Å². The summed E-state index contributed by atoms with van der Waals surface area (Å²) in [5.41, 5.74) is 2.11. The molecule has 20 heavy (non-hydrogen) atoms. The summed E-state index contributed by atoms with van der Waals surface area (Å²) >= 11 is 0.559. The normalized spacial score (nSPS) is 12.7. The van der Waals surface area contributed by atoms with E-state index in [2.05, 4.69) is 10.4 Å². The fourth-order valence-electron chi connectivity index (χ4n) is 1.87. The van der Waals surface area contributed by atoms with Crippen molar-refractivity contribution < 1.29 is 8.78 Å². The third-order valence-electron chi connectivity index (χ3n) is 3.08. The van der Waals surface area contributed by atoms with Gasteiger partial charge in [-0.25, -0.2) is 0 Å². The van der Waals surface area contributed by atoms with Gasteiger partial charge in [-0.05, 0) is 31.5 Å². The molecule has 0 saturated heterocycles. The summed E-state index contributed by atoms with van der Waals surface area (Å²) < 4.78 is 26.3.